The Labute approximate surface area is 185 Å². The molecule has 7 heteroatoms. The number of hydrogen-bond acceptors (Lipinski definition) is 4. The van der Waals surface area contributed by atoms with Gasteiger partial charge in [-0.15, -0.1) is 0 Å². The average molecular weight is 439 g/mol. The molecular formula is C23H36ClFN4O. The molecule has 2 aliphatic heterocycles. The van der Waals surface area contributed by atoms with Gasteiger partial charge in [0.15, 0.2) is 0 Å². The second-order valence-corrected chi connectivity index (χ2v) is 9.37. The zero-order valence-electron chi connectivity index (χ0n) is 18.8. The number of carbonyl (C=O) groups excluding carboxylic acids is 1. The molecule has 30 heavy (non-hydrogen) atoms. The molecule has 0 aliphatic carbocycles. The van der Waals surface area contributed by atoms with Gasteiger partial charge in [-0.25, -0.2) is 4.39 Å². The summed E-state index contributed by atoms with van der Waals surface area (Å²) in [4.78, 5) is 21.9. The van der Waals surface area contributed by atoms with Crippen LogP contribution in [0.2, 0.25) is 5.02 Å². The van der Waals surface area contributed by atoms with Crippen LogP contribution in [0, 0.1) is 5.82 Å². The van der Waals surface area contributed by atoms with Crippen LogP contribution in [0.4, 0.5) is 4.39 Å². The Bertz CT molecular complexity index is 695. The van der Waals surface area contributed by atoms with Crippen molar-refractivity contribution < 1.29 is 9.18 Å². The Morgan fingerprint density at radius 1 is 1.17 bits per heavy atom. The molecule has 3 atom stereocenters. The standard InChI is InChI=1S/C23H36ClFN4O/c1-17-8-9-18(2)29(17)15-12-27-10-13-28(14-11-27)19(3)23(30)26(4)16-20-21(24)6-5-7-22(20)25/h5-7,17-19H,8-16H2,1-4H3. The van der Waals surface area contributed by atoms with Crippen molar-refractivity contribution >= 4 is 17.5 Å². The van der Waals surface area contributed by atoms with Crippen LogP contribution in [0.15, 0.2) is 18.2 Å². The number of likely N-dealkylation sites (tertiary alicyclic amines) is 1. The minimum atomic E-state index is -0.370. The molecule has 3 rings (SSSR count). The molecule has 168 valence electrons. The summed E-state index contributed by atoms with van der Waals surface area (Å²) in [6, 6.07) is 5.78. The minimum absolute atomic E-state index is 0.00230. The average Bonchev–Trinajstić information content (AvgIpc) is 3.06. The normalized spacial score (nSPS) is 24.9. The van der Waals surface area contributed by atoms with Crippen LogP contribution in [0.3, 0.4) is 0 Å². The Balaban J connectivity index is 1.46. The first-order valence-corrected chi connectivity index (χ1v) is 11.6. The van der Waals surface area contributed by atoms with Crippen LogP contribution in [-0.2, 0) is 11.3 Å². The van der Waals surface area contributed by atoms with E-state index in [0.717, 1.165) is 39.3 Å². The molecule has 0 N–H and O–H groups in total. The highest BCUT2D eigenvalue weighted by atomic mass is 35.5. The Hall–Kier alpha value is -1.21. The van der Waals surface area contributed by atoms with Crippen molar-refractivity contribution in [2.75, 3.05) is 46.3 Å². The van der Waals surface area contributed by atoms with Crippen molar-refractivity contribution in [1.29, 1.82) is 0 Å². The van der Waals surface area contributed by atoms with Crippen LogP contribution in [-0.4, -0.2) is 89.9 Å². The van der Waals surface area contributed by atoms with E-state index in [-0.39, 0.29) is 24.3 Å². The second kappa shape index (κ2) is 10.4. The lowest BCUT2D eigenvalue weighted by atomic mass is 10.1. The molecule has 0 saturated carbocycles. The monoisotopic (exact) mass is 438 g/mol. The van der Waals surface area contributed by atoms with E-state index < -0.39 is 0 Å². The summed E-state index contributed by atoms with van der Waals surface area (Å²) in [6.07, 6.45) is 2.61. The maximum Gasteiger partial charge on any atom is 0.239 e. The van der Waals surface area contributed by atoms with E-state index in [9.17, 15) is 9.18 Å². The van der Waals surface area contributed by atoms with Gasteiger partial charge in [0.25, 0.3) is 0 Å². The number of rotatable bonds is 7. The number of hydrogen-bond donors (Lipinski definition) is 0. The van der Waals surface area contributed by atoms with Gasteiger partial charge in [0.05, 0.1) is 6.04 Å². The third-order valence-corrected chi connectivity index (χ3v) is 7.31. The number of carbonyl (C=O) groups is 1. The van der Waals surface area contributed by atoms with Crippen molar-refractivity contribution in [3.8, 4) is 0 Å². The van der Waals surface area contributed by atoms with Gasteiger partial charge < -0.3 is 4.90 Å². The van der Waals surface area contributed by atoms with Crippen molar-refractivity contribution in [3.05, 3.63) is 34.6 Å². The van der Waals surface area contributed by atoms with Gasteiger partial charge in [-0.3, -0.25) is 19.5 Å². The lowest BCUT2D eigenvalue weighted by Gasteiger charge is -2.39. The molecule has 2 aliphatic rings. The predicted molar refractivity (Wildman–Crippen MR) is 120 cm³/mol. The van der Waals surface area contributed by atoms with Crippen LogP contribution >= 0.6 is 11.6 Å². The molecule has 0 radical (unpaired) electrons. The molecule has 5 nitrogen and oxygen atoms in total. The number of likely N-dealkylation sites (N-methyl/N-ethyl adjacent to an activating group) is 1. The first kappa shape index (κ1) is 23.5. The summed E-state index contributed by atoms with van der Waals surface area (Å²) in [5, 5.41) is 0.359. The molecule has 1 aromatic rings. The molecule has 2 heterocycles. The van der Waals surface area contributed by atoms with Gasteiger partial charge >= 0.3 is 0 Å². The number of amides is 1. The van der Waals surface area contributed by atoms with E-state index in [1.165, 1.54) is 18.9 Å². The van der Waals surface area contributed by atoms with Crippen LogP contribution in [0.5, 0.6) is 0 Å². The highest BCUT2D eigenvalue weighted by molar-refractivity contribution is 6.31. The van der Waals surface area contributed by atoms with Crippen LogP contribution in [0.25, 0.3) is 0 Å². The quantitative estimate of drug-likeness (QED) is 0.653. The number of nitrogens with zero attached hydrogens (tertiary/aromatic N) is 4. The number of benzene rings is 1. The van der Waals surface area contributed by atoms with E-state index in [1.807, 2.05) is 6.92 Å². The summed E-state index contributed by atoms with van der Waals surface area (Å²) in [5.41, 5.74) is 0.373. The first-order valence-electron chi connectivity index (χ1n) is 11.2. The van der Waals surface area contributed by atoms with E-state index in [4.69, 9.17) is 11.6 Å². The fourth-order valence-electron chi connectivity index (χ4n) is 4.79. The summed E-state index contributed by atoms with van der Waals surface area (Å²) in [7, 11) is 1.72. The van der Waals surface area contributed by atoms with Gasteiger partial charge in [-0.2, -0.15) is 0 Å². The summed E-state index contributed by atoms with van der Waals surface area (Å²) in [6.45, 7) is 12.7. The van der Waals surface area contributed by atoms with Crippen molar-refractivity contribution in [2.45, 2.75) is 58.3 Å². The number of halogens is 2. The topological polar surface area (TPSA) is 30.0 Å². The van der Waals surface area contributed by atoms with Crippen LogP contribution < -0.4 is 0 Å². The molecule has 2 fully saturated rings. The zero-order valence-corrected chi connectivity index (χ0v) is 19.5. The smallest absolute Gasteiger partial charge is 0.239 e. The van der Waals surface area contributed by atoms with E-state index >= 15 is 0 Å². The fraction of sp³-hybridized carbons (Fsp3) is 0.696. The van der Waals surface area contributed by atoms with E-state index in [1.54, 1.807) is 24.1 Å². The minimum Gasteiger partial charge on any atom is -0.340 e. The van der Waals surface area contributed by atoms with Crippen molar-refractivity contribution in [1.82, 2.24) is 19.6 Å². The van der Waals surface area contributed by atoms with Gasteiger partial charge in [-0.05, 0) is 45.7 Å². The van der Waals surface area contributed by atoms with Gasteiger partial charge in [-0.1, -0.05) is 17.7 Å². The highest BCUT2D eigenvalue weighted by Gasteiger charge is 2.30. The number of piperazine rings is 1. The first-order chi connectivity index (χ1) is 14.3. The zero-order chi connectivity index (χ0) is 21.8. The lowest BCUT2D eigenvalue weighted by molar-refractivity contribution is -0.136. The molecule has 1 amide bonds. The Morgan fingerprint density at radius 2 is 1.80 bits per heavy atom. The third kappa shape index (κ3) is 5.52. The SMILES string of the molecule is CC(C(=O)N(C)Cc1c(F)cccc1Cl)N1CCN(CCN2C(C)CCC2C)CC1. The highest BCUT2D eigenvalue weighted by Crippen LogP contribution is 2.23. The molecule has 2 saturated heterocycles. The third-order valence-electron chi connectivity index (χ3n) is 6.95. The summed E-state index contributed by atoms with van der Waals surface area (Å²) >= 11 is 6.12. The largest absolute Gasteiger partial charge is 0.340 e. The molecular weight excluding hydrogens is 403 g/mol. The van der Waals surface area contributed by atoms with Crippen LogP contribution in [0.1, 0.15) is 39.2 Å². The maximum atomic E-state index is 14.1. The predicted octanol–water partition coefficient (Wildman–Crippen LogP) is 3.32. The molecule has 0 bridgehead atoms. The lowest BCUT2D eigenvalue weighted by Crippen LogP contribution is -2.55. The van der Waals surface area contributed by atoms with Crippen molar-refractivity contribution in [3.63, 3.8) is 0 Å². The molecule has 1 aromatic carbocycles. The van der Waals surface area contributed by atoms with Gasteiger partial charge in [0.1, 0.15) is 5.82 Å². The second-order valence-electron chi connectivity index (χ2n) is 8.96. The van der Waals surface area contributed by atoms with E-state index in [0.29, 0.717) is 22.7 Å². The molecule has 0 spiro atoms. The Kier molecular flexibility index (Phi) is 8.13. The fourth-order valence-corrected chi connectivity index (χ4v) is 5.02. The van der Waals surface area contributed by atoms with Gasteiger partial charge in [0, 0.05) is 75.5 Å². The maximum absolute atomic E-state index is 14.1. The van der Waals surface area contributed by atoms with E-state index in [2.05, 4.69) is 28.5 Å². The molecule has 0 aromatic heterocycles. The Morgan fingerprint density at radius 3 is 2.40 bits per heavy atom. The summed E-state index contributed by atoms with van der Waals surface area (Å²) < 4.78 is 14.1. The summed E-state index contributed by atoms with van der Waals surface area (Å²) in [5.74, 6) is -0.368. The molecule has 3 unspecified atom stereocenters. The van der Waals surface area contributed by atoms with Crippen molar-refractivity contribution in [2.24, 2.45) is 0 Å². The van der Waals surface area contributed by atoms with Gasteiger partial charge in [0.2, 0.25) is 5.91 Å².